The first-order valence-corrected chi connectivity index (χ1v) is 13.0. The minimum absolute atomic E-state index is 0.0314. The van der Waals surface area contributed by atoms with Gasteiger partial charge in [-0.3, -0.25) is 9.59 Å². The summed E-state index contributed by atoms with van der Waals surface area (Å²) in [5.41, 5.74) is 1.01. The van der Waals surface area contributed by atoms with Crippen molar-refractivity contribution >= 4 is 50.8 Å². The predicted molar refractivity (Wildman–Crippen MR) is 136 cm³/mol. The minimum atomic E-state index is -4.23. The molecule has 3 rings (SSSR count). The van der Waals surface area contributed by atoms with Gasteiger partial charge >= 0.3 is 5.97 Å². The Morgan fingerprint density at radius 3 is 2.28 bits per heavy atom. The van der Waals surface area contributed by atoms with E-state index in [9.17, 15) is 22.4 Å². The molecule has 0 heterocycles. The Kier molecular flexibility index (Phi) is 9.44. The van der Waals surface area contributed by atoms with Gasteiger partial charge in [0.25, 0.3) is 0 Å². The molecule has 7 nitrogen and oxygen atoms in total. The van der Waals surface area contributed by atoms with Crippen LogP contribution < -0.4 is 5.32 Å². The van der Waals surface area contributed by atoms with Gasteiger partial charge in [0.2, 0.25) is 15.9 Å². The number of halogens is 3. The van der Waals surface area contributed by atoms with Crippen molar-refractivity contribution in [2.24, 2.45) is 0 Å². The molecule has 0 saturated carbocycles. The van der Waals surface area contributed by atoms with E-state index in [1.807, 2.05) is 0 Å². The lowest BCUT2D eigenvalue weighted by atomic mass is 10.1. The summed E-state index contributed by atoms with van der Waals surface area (Å²) in [4.78, 5) is 24.3. The summed E-state index contributed by atoms with van der Waals surface area (Å²) >= 11 is 12.0. The maximum absolute atomic E-state index is 14.5. The zero-order valence-electron chi connectivity index (χ0n) is 19.2. The average molecular weight is 553 g/mol. The van der Waals surface area contributed by atoms with Gasteiger partial charge < -0.3 is 10.1 Å². The highest BCUT2D eigenvalue weighted by Crippen LogP contribution is 2.25. The average Bonchev–Trinajstić information content (AvgIpc) is 2.82. The number of sulfonamides is 1. The number of esters is 1. The fraction of sp³-hybridized carbons (Fsp3) is 0.200. The number of carbonyl (C=O) groups excluding carboxylic acids is 2. The summed E-state index contributed by atoms with van der Waals surface area (Å²) < 4.78 is 46.9. The molecule has 0 unspecified atom stereocenters. The SMILES string of the molecule is CCOC(=O)Cc1ccc(NC(=O)CN(Cc2c(F)cccc2Cl)S(=O)(=O)c2ccc(Cl)cc2)cc1. The highest BCUT2D eigenvalue weighted by Gasteiger charge is 2.28. The standard InChI is InChI=1S/C25H23Cl2FN2O5S/c1-2-35-25(32)14-17-6-10-19(11-7-17)29-24(31)16-30(15-21-22(27)4-3-5-23(21)28)36(33,34)20-12-8-18(26)9-13-20/h3-13H,2,14-16H2,1H3,(H,29,31). The Labute approximate surface area is 218 Å². The molecule has 1 N–H and O–H groups in total. The second-order valence-electron chi connectivity index (χ2n) is 7.65. The minimum Gasteiger partial charge on any atom is -0.466 e. The zero-order valence-corrected chi connectivity index (χ0v) is 21.5. The molecule has 0 saturated heterocycles. The van der Waals surface area contributed by atoms with Crippen molar-refractivity contribution in [3.63, 3.8) is 0 Å². The van der Waals surface area contributed by atoms with Gasteiger partial charge in [-0.25, -0.2) is 12.8 Å². The lowest BCUT2D eigenvalue weighted by Gasteiger charge is -2.23. The van der Waals surface area contributed by atoms with Crippen molar-refractivity contribution in [2.45, 2.75) is 24.8 Å². The molecule has 0 aliphatic rings. The number of rotatable bonds is 10. The van der Waals surface area contributed by atoms with E-state index in [-0.39, 0.29) is 34.5 Å². The number of nitrogens with one attached hydrogen (secondary N) is 1. The Balaban J connectivity index is 1.81. The Morgan fingerprint density at radius 2 is 1.67 bits per heavy atom. The number of nitrogens with zero attached hydrogens (tertiary/aromatic N) is 1. The van der Waals surface area contributed by atoms with Crippen molar-refractivity contribution in [3.05, 3.63) is 93.7 Å². The second kappa shape index (κ2) is 12.3. The summed E-state index contributed by atoms with van der Waals surface area (Å²) in [6, 6.07) is 15.9. The molecule has 190 valence electrons. The molecule has 11 heteroatoms. The molecule has 1 amide bonds. The number of anilines is 1. The Hall–Kier alpha value is -2.98. The fourth-order valence-corrected chi connectivity index (χ4v) is 5.00. The van der Waals surface area contributed by atoms with Crippen molar-refractivity contribution in [1.29, 1.82) is 0 Å². The van der Waals surface area contributed by atoms with Crippen LogP contribution in [0.3, 0.4) is 0 Å². The maximum atomic E-state index is 14.5. The first kappa shape index (κ1) is 27.6. The zero-order chi connectivity index (χ0) is 26.3. The third-order valence-corrected chi connectivity index (χ3v) is 7.47. The number of benzene rings is 3. The van der Waals surface area contributed by atoms with E-state index in [1.54, 1.807) is 31.2 Å². The second-order valence-corrected chi connectivity index (χ2v) is 10.4. The molecule has 0 atom stereocenters. The summed E-state index contributed by atoms with van der Waals surface area (Å²) in [6.45, 7) is 0.913. The lowest BCUT2D eigenvalue weighted by Crippen LogP contribution is -2.37. The third-order valence-electron chi connectivity index (χ3n) is 5.06. The number of hydrogen-bond donors (Lipinski definition) is 1. The molecule has 36 heavy (non-hydrogen) atoms. The first-order valence-electron chi connectivity index (χ1n) is 10.8. The summed E-state index contributed by atoms with van der Waals surface area (Å²) in [6.07, 6.45) is 0.0819. The number of amides is 1. The van der Waals surface area contributed by atoms with Gasteiger partial charge in [-0.05, 0) is 61.0 Å². The van der Waals surface area contributed by atoms with Crippen molar-refractivity contribution in [3.8, 4) is 0 Å². The van der Waals surface area contributed by atoms with E-state index >= 15 is 0 Å². The maximum Gasteiger partial charge on any atom is 0.310 e. The van der Waals surface area contributed by atoms with Gasteiger partial charge in [0.05, 0.1) is 24.5 Å². The molecular weight excluding hydrogens is 530 g/mol. The molecule has 0 aliphatic carbocycles. The Morgan fingerprint density at radius 1 is 1.00 bits per heavy atom. The van der Waals surface area contributed by atoms with E-state index in [0.29, 0.717) is 16.3 Å². The normalized spacial score (nSPS) is 11.4. The van der Waals surface area contributed by atoms with Crippen LogP contribution in [0.4, 0.5) is 10.1 Å². The van der Waals surface area contributed by atoms with Crippen LogP contribution in [0.2, 0.25) is 10.0 Å². The van der Waals surface area contributed by atoms with E-state index in [0.717, 1.165) is 10.4 Å². The van der Waals surface area contributed by atoms with Crippen LogP contribution in [0.25, 0.3) is 0 Å². The van der Waals surface area contributed by atoms with Crippen LogP contribution in [0.15, 0.2) is 71.6 Å². The highest BCUT2D eigenvalue weighted by atomic mass is 35.5. The number of carbonyl (C=O) groups is 2. The highest BCUT2D eigenvalue weighted by molar-refractivity contribution is 7.89. The number of ether oxygens (including phenoxy) is 1. The molecule has 0 bridgehead atoms. The van der Waals surface area contributed by atoms with Crippen LogP contribution in [-0.2, 0) is 37.3 Å². The van der Waals surface area contributed by atoms with Crippen LogP contribution in [-0.4, -0.2) is 37.8 Å². The smallest absolute Gasteiger partial charge is 0.310 e. The van der Waals surface area contributed by atoms with E-state index in [1.165, 1.54) is 36.4 Å². The van der Waals surface area contributed by atoms with E-state index < -0.39 is 34.8 Å². The molecular formula is C25H23Cl2FN2O5S. The molecule has 0 aromatic heterocycles. The summed E-state index contributed by atoms with van der Waals surface area (Å²) in [5, 5.41) is 2.98. The van der Waals surface area contributed by atoms with Gasteiger partial charge in [-0.1, -0.05) is 41.4 Å². The molecule has 0 spiro atoms. The van der Waals surface area contributed by atoms with Crippen LogP contribution in [0.1, 0.15) is 18.1 Å². The van der Waals surface area contributed by atoms with E-state index in [2.05, 4.69) is 5.32 Å². The van der Waals surface area contributed by atoms with Gasteiger partial charge in [0.15, 0.2) is 0 Å². The Bertz CT molecular complexity index is 1310. The topological polar surface area (TPSA) is 92.8 Å². The summed E-state index contributed by atoms with van der Waals surface area (Å²) in [7, 11) is -4.23. The van der Waals surface area contributed by atoms with E-state index in [4.69, 9.17) is 27.9 Å². The van der Waals surface area contributed by atoms with Gasteiger partial charge in [-0.15, -0.1) is 0 Å². The third kappa shape index (κ3) is 7.27. The monoisotopic (exact) mass is 552 g/mol. The molecule has 3 aromatic carbocycles. The predicted octanol–water partition coefficient (Wildman–Crippen LogP) is 5.07. The first-order chi connectivity index (χ1) is 17.1. The molecule has 0 radical (unpaired) electrons. The molecule has 0 fully saturated rings. The van der Waals surface area contributed by atoms with Crippen LogP contribution >= 0.6 is 23.2 Å². The molecule has 0 aliphatic heterocycles. The van der Waals surface area contributed by atoms with Gasteiger partial charge in [-0.2, -0.15) is 4.31 Å². The van der Waals surface area contributed by atoms with Crippen molar-refractivity contribution in [2.75, 3.05) is 18.5 Å². The summed E-state index contributed by atoms with van der Waals surface area (Å²) in [5.74, 6) is -1.72. The lowest BCUT2D eigenvalue weighted by molar-refractivity contribution is -0.142. The quantitative estimate of drug-likeness (QED) is 0.354. The van der Waals surface area contributed by atoms with Crippen LogP contribution in [0, 0.1) is 5.82 Å². The van der Waals surface area contributed by atoms with Gasteiger partial charge in [0, 0.05) is 27.8 Å². The molecule has 3 aromatic rings. The van der Waals surface area contributed by atoms with Crippen LogP contribution in [0.5, 0.6) is 0 Å². The number of hydrogen-bond acceptors (Lipinski definition) is 5. The fourth-order valence-electron chi connectivity index (χ4n) is 3.29. The van der Waals surface area contributed by atoms with Crippen molar-refractivity contribution in [1.82, 2.24) is 4.31 Å². The largest absolute Gasteiger partial charge is 0.466 e. The van der Waals surface area contributed by atoms with Crippen molar-refractivity contribution < 1.29 is 27.1 Å². The van der Waals surface area contributed by atoms with Gasteiger partial charge in [0.1, 0.15) is 5.82 Å².